The van der Waals surface area contributed by atoms with Crippen LogP contribution in [0.5, 0.6) is 0 Å². The van der Waals surface area contributed by atoms with Crippen LogP contribution in [0.4, 0.5) is 0 Å². The molecule has 0 aliphatic carbocycles. The smallest absolute Gasteiger partial charge is 0.323 e. The van der Waals surface area contributed by atoms with E-state index in [9.17, 15) is 4.79 Å². The summed E-state index contributed by atoms with van der Waals surface area (Å²) in [6, 6.07) is 1.33. The molecule has 106 valence electrons. The zero-order valence-corrected chi connectivity index (χ0v) is 12.0. The standard InChI is InChI=1S/C14H28N2O2/c1-11-7-6-8-12(2)16(11)10-5-4-9-14(3,15)13(17)18/h11-12H,4-10,15H2,1-3H3,(H,17,18). The maximum Gasteiger partial charge on any atom is 0.323 e. The van der Waals surface area contributed by atoms with Crippen molar-refractivity contribution in [2.75, 3.05) is 6.54 Å². The fourth-order valence-electron chi connectivity index (χ4n) is 2.81. The average molecular weight is 256 g/mol. The number of carboxylic acids is 1. The molecule has 0 spiro atoms. The largest absolute Gasteiger partial charge is 0.480 e. The summed E-state index contributed by atoms with van der Waals surface area (Å²) in [4.78, 5) is 13.4. The molecule has 3 atom stereocenters. The Labute approximate surface area is 111 Å². The molecule has 1 heterocycles. The van der Waals surface area contributed by atoms with Gasteiger partial charge in [0.1, 0.15) is 5.54 Å². The molecule has 4 nitrogen and oxygen atoms in total. The minimum atomic E-state index is -1.07. The van der Waals surface area contributed by atoms with Gasteiger partial charge in [0.2, 0.25) is 0 Å². The van der Waals surface area contributed by atoms with Crippen LogP contribution in [0.2, 0.25) is 0 Å². The van der Waals surface area contributed by atoms with Gasteiger partial charge in [0.05, 0.1) is 0 Å². The second-order valence-electron chi connectivity index (χ2n) is 6.05. The molecule has 0 aromatic rings. The summed E-state index contributed by atoms with van der Waals surface area (Å²) in [5.74, 6) is -0.901. The van der Waals surface area contributed by atoms with Crippen LogP contribution in [0.3, 0.4) is 0 Å². The molecular formula is C14H28N2O2. The van der Waals surface area contributed by atoms with E-state index in [4.69, 9.17) is 10.8 Å². The Hall–Kier alpha value is -0.610. The molecule has 1 saturated heterocycles. The second kappa shape index (κ2) is 6.53. The van der Waals surface area contributed by atoms with Crippen LogP contribution in [0, 0.1) is 0 Å². The third-order valence-corrected chi connectivity index (χ3v) is 4.23. The summed E-state index contributed by atoms with van der Waals surface area (Å²) in [7, 11) is 0. The first-order valence-electron chi connectivity index (χ1n) is 7.12. The van der Waals surface area contributed by atoms with Gasteiger partial charge in [-0.15, -0.1) is 0 Å². The number of nitrogens with two attached hydrogens (primary N) is 1. The molecule has 0 aromatic carbocycles. The van der Waals surface area contributed by atoms with Crippen molar-refractivity contribution in [2.45, 2.75) is 76.9 Å². The molecule has 0 amide bonds. The number of nitrogens with zero attached hydrogens (tertiary/aromatic N) is 1. The Morgan fingerprint density at radius 1 is 1.33 bits per heavy atom. The highest BCUT2D eigenvalue weighted by molar-refractivity contribution is 5.77. The highest BCUT2D eigenvalue weighted by Crippen LogP contribution is 2.23. The Morgan fingerprint density at radius 3 is 2.39 bits per heavy atom. The molecule has 1 aliphatic rings. The van der Waals surface area contributed by atoms with Gasteiger partial charge in [-0.1, -0.05) is 6.42 Å². The van der Waals surface area contributed by atoms with E-state index in [1.807, 2.05) is 0 Å². The van der Waals surface area contributed by atoms with Gasteiger partial charge in [0, 0.05) is 12.1 Å². The fraction of sp³-hybridized carbons (Fsp3) is 0.929. The number of aliphatic carboxylic acids is 1. The van der Waals surface area contributed by atoms with Gasteiger partial charge < -0.3 is 10.8 Å². The lowest BCUT2D eigenvalue weighted by Crippen LogP contribution is -2.45. The van der Waals surface area contributed by atoms with Crippen molar-refractivity contribution in [3.8, 4) is 0 Å². The zero-order chi connectivity index (χ0) is 13.8. The van der Waals surface area contributed by atoms with Crippen molar-refractivity contribution in [3.05, 3.63) is 0 Å². The fourth-order valence-corrected chi connectivity index (χ4v) is 2.81. The number of hydrogen-bond acceptors (Lipinski definition) is 3. The first-order chi connectivity index (χ1) is 8.34. The molecular weight excluding hydrogens is 228 g/mol. The van der Waals surface area contributed by atoms with Gasteiger partial charge in [-0.2, -0.15) is 0 Å². The Balaban J connectivity index is 2.27. The van der Waals surface area contributed by atoms with Crippen LogP contribution >= 0.6 is 0 Å². The number of carbonyl (C=O) groups is 1. The molecule has 0 bridgehead atoms. The summed E-state index contributed by atoms with van der Waals surface area (Å²) < 4.78 is 0. The van der Waals surface area contributed by atoms with Gasteiger partial charge >= 0.3 is 5.97 Å². The molecule has 1 rings (SSSR count). The van der Waals surface area contributed by atoms with Crippen LogP contribution < -0.4 is 5.73 Å². The van der Waals surface area contributed by atoms with Gasteiger partial charge in [-0.3, -0.25) is 9.69 Å². The average Bonchev–Trinajstić information content (AvgIpc) is 2.27. The van der Waals surface area contributed by atoms with E-state index in [0.717, 1.165) is 19.4 Å². The maximum atomic E-state index is 10.9. The summed E-state index contributed by atoms with van der Waals surface area (Å²) in [5.41, 5.74) is 4.65. The summed E-state index contributed by atoms with van der Waals surface area (Å²) >= 11 is 0. The third kappa shape index (κ3) is 4.25. The van der Waals surface area contributed by atoms with Crippen molar-refractivity contribution in [1.29, 1.82) is 0 Å². The molecule has 3 N–H and O–H groups in total. The van der Waals surface area contributed by atoms with Crippen LogP contribution in [0.1, 0.15) is 59.3 Å². The summed E-state index contributed by atoms with van der Waals surface area (Å²) in [6.07, 6.45) is 6.38. The molecule has 1 aliphatic heterocycles. The molecule has 3 unspecified atom stereocenters. The molecule has 1 fully saturated rings. The number of unbranched alkanes of at least 4 members (excludes halogenated alkanes) is 1. The first-order valence-corrected chi connectivity index (χ1v) is 7.12. The van der Waals surface area contributed by atoms with Gasteiger partial charge in [-0.05, 0) is 59.4 Å². The lowest BCUT2D eigenvalue weighted by atomic mass is 9.94. The highest BCUT2D eigenvalue weighted by Gasteiger charge is 2.28. The first kappa shape index (κ1) is 15.4. The predicted molar refractivity (Wildman–Crippen MR) is 73.6 cm³/mol. The van der Waals surface area contributed by atoms with Crippen LogP contribution in [0.15, 0.2) is 0 Å². The number of piperidine rings is 1. The lowest BCUT2D eigenvalue weighted by molar-refractivity contribution is -0.142. The van der Waals surface area contributed by atoms with Crippen molar-refractivity contribution >= 4 is 5.97 Å². The number of rotatable bonds is 6. The zero-order valence-electron chi connectivity index (χ0n) is 12.0. The van der Waals surface area contributed by atoms with E-state index in [2.05, 4.69) is 18.7 Å². The Morgan fingerprint density at radius 2 is 1.89 bits per heavy atom. The molecule has 4 heteroatoms. The minimum Gasteiger partial charge on any atom is -0.480 e. The topological polar surface area (TPSA) is 66.6 Å². The lowest BCUT2D eigenvalue weighted by Gasteiger charge is -2.39. The van der Waals surface area contributed by atoms with E-state index < -0.39 is 11.5 Å². The van der Waals surface area contributed by atoms with Gasteiger partial charge in [0.15, 0.2) is 0 Å². The number of hydrogen-bond donors (Lipinski definition) is 2. The van der Waals surface area contributed by atoms with E-state index >= 15 is 0 Å². The Bertz CT molecular complexity index is 269. The summed E-state index contributed by atoms with van der Waals surface area (Å²) in [5, 5.41) is 8.94. The van der Waals surface area contributed by atoms with Gasteiger partial charge in [0.25, 0.3) is 0 Å². The molecule has 0 aromatic heterocycles. The van der Waals surface area contributed by atoms with E-state index in [0.29, 0.717) is 18.5 Å². The SMILES string of the molecule is CC1CCCC(C)N1CCCCC(C)(N)C(=O)O. The van der Waals surface area contributed by atoms with Crippen molar-refractivity contribution < 1.29 is 9.90 Å². The minimum absolute atomic E-state index is 0.554. The van der Waals surface area contributed by atoms with Crippen LogP contribution in [0.25, 0.3) is 0 Å². The second-order valence-corrected chi connectivity index (χ2v) is 6.05. The van der Waals surface area contributed by atoms with Crippen molar-refractivity contribution in [3.63, 3.8) is 0 Å². The molecule has 18 heavy (non-hydrogen) atoms. The van der Waals surface area contributed by atoms with Crippen molar-refractivity contribution in [1.82, 2.24) is 4.90 Å². The van der Waals surface area contributed by atoms with Gasteiger partial charge in [-0.25, -0.2) is 0 Å². The van der Waals surface area contributed by atoms with E-state index in [-0.39, 0.29) is 0 Å². The normalized spacial score (nSPS) is 28.9. The van der Waals surface area contributed by atoms with Crippen LogP contribution in [-0.4, -0.2) is 40.1 Å². The molecule has 0 radical (unpaired) electrons. The monoisotopic (exact) mass is 256 g/mol. The van der Waals surface area contributed by atoms with Crippen LogP contribution in [-0.2, 0) is 4.79 Å². The van der Waals surface area contributed by atoms with Crippen molar-refractivity contribution in [2.24, 2.45) is 5.73 Å². The van der Waals surface area contributed by atoms with E-state index in [1.165, 1.54) is 19.3 Å². The Kier molecular flexibility index (Phi) is 5.60. The quantitative estimate of drug-likeness (QED) is 0.715. The number of likely N-dealkylation sites (tertiary alicyclic amines) is 1. The van der Waals surface area contributed by atoms with E-state index in [1.54, 1.807) is 6.92 Å². The predicted octanol–water partition coefficient (Wildman–Crippen LogP) is 2.22. The maximum absolute atomic E-state index is 10.9. The summed E-state index contributed by atoms with van der Waals surface area (Å²) in [6.45, 7) is 7.25. The highest BCUT2D eigenvalue weighted by atomic mass is 16.4. The molecule has 0 saturated carbocycles. The number of carboxylic acid groups (broad SMARTS) is 1. The third-order valence-electron chi connectivity index (χ3n) is 4.23.